The molecule has 1 saturated heterocycles. The fraction of sp³-hybridized carbons (Fsp3) is 0.269. The predicted molar refractivity (Wildman–Crippen MR) is 131 cm³/mol. The minimum Gasteiger partial charge on any atom is -0.481 e. The monoisotopic (exact) mass is 478 g/mol. The molecule has 3 heterocycles. The van der Waals surface area contributed by atoms with Gasteiger partial charge in [-0.25, -0.2) is 9.18 Å². The molecule has 0 saturated carbocycles. The van der Waals surface area contributed by atoms with Gasteiger partial charge in [0.25, 0.3) is 5.97 Å². The Hall–Kier alpha value is -3.82. The first-order valence-corrected chi connectivity index (χ1v) is 11.3. The van der Waals surface area contributed by atoms with Gasteiger partial charge in [-0.3, -0.25) is 19.7 Å². The lowest BCUT2D eigenvalue weighted by Crippen LogP contribution is -2.46. The van der Waals surface area contributed by atoms with Crippen LogP contribution in [-0.4, -0.2) is 64.1 Å². The number of halogens is 1. The van der Waals surface area contributed by atoms with Crippen molar-refractivity contribution in [3.8, 4) is 11.1 Å². The molecule has 0 amide bonds. The van der Waals surface area contributed by atoms with Gasteiger partial charge in [-0.15, -0.1) is 0 Å². The molecule has 8 nitrogen and oxygen atoms in total. The van der Waals surface area contributed by atoms with E-state index in [1.54, 1.807) is 6.20 Å². The third-order valence-corrected chi connectivity index (χ3v) is 5.92. The molecule has 2 N–H and O–H groups in total. The summed E-state index contributed by atoms with van der Waals surface area (Å²) in [5.74, 6) is -1.54. The number of aliphatic carboxylic acids is 1. The predicted octanol–water partition coefficient (Wildman–Crippen LogP) is 3.75. The Morgan fingerprint density at radius 2 is 1.71 bits per heavy atom. The Balaban J connectivity index is 0.000000672. The molecule has 1 unspecified atom stereocenters. The van der Waals surface area contributed by atoms with Crippen LogP contribution in [0.4, 0.5) is 4.39 Å². The zero-order valence-corrected chi connectivity index (χ0v) is 19.6. The lowest BCUT2D eigenvalue weighted by Gasteiger charge is -2.38. The SMILES string of the molecule is CC(=O)O.CN1CCN(C(c2ccc(F)cc2)c2cncc(-c3ccc4[nH]c(=O)oc4c3)c2)CC1. The molecule has 4 aromatic rings. The molecule has 0 radical (unpaired) electrons. The van der Waals surface area contributed by atoms with E-state index in [4.69, 9.17) is 14.3 Å². The molecule has 5 rings (SSSR count). The third-order valence-electron chi connectivity index (χ3n) is 5.92. The number of likely N-dealkylation sites (N-methyl/N-ethyl adjacent to an activating group) is 1. The number of benzene rings is 2. The molecule has 0 spiro atoms. The highest BCUT2D eigenvalue weighted by atomic mass is 19.1. The van der Waals surface area contributed by atoms with Crippen LogP contribution in [0.5, 0.6) is 0 Å². The van der Waals surface area contributed by atoms with Crippen molar-refractivity contribution in [1.29, 1.82) is 0 Å². The van der Waals surface area contributed by atoms with Crippen LogP contribution in [-0.2, 0) is 4.79 Å². The fourth-order valence-corrected chi connectivity index (χ4v) is 4.23. The molecular formula is C26H27FN4O4. The van der Waals surface area contributed by atoms with Crippen LogP contribution in [0.2, 0.25) is 0 Å². The molecule has 35 heavy (non-hydrogen) atoms. The molecule has 1 fully saturated rings. The van der Waals surface area contributed by atoms with E-state index in [1.807, 2.05) is 36.5 Å². The first-order valence-electron chi connectivity index (χ1n) is 11.3. The number of carboxylic acids is 1. The summed E-state index contributed by atoms with van der Waals surface area (Å²) in [7, 11) is 2.13. The number of pyridine rings is 1. The second-order valence-electron chi connectivity index (χ2n) is 8.54. The zero-order valence-electron chi connectivity index (χ0n) is 19.6. The molecule has 0 aliphatic carbocycles. The maximum atomic E-state index is 13.6. The molecule has 1 atom stereocenters. The van der Waals surface area contributed by atoms with Gasteiger partial charge in [-0.1, -0.05) is 18.2 Å². The number of hydrogen-bond acceptors (Lipinski definition) is 6. The number of nitrogens with one attached hydrogen (secondary N) is 1. The maximum Gasteiger partial charge on any atom is 0.417 e. The topological polar surface area (TPSA) is 103 Å². The molecule has 0 bridgehead atoms. The van der Waals surface area contributed by atoms with Gasteiger partial charge in [0.1, 0.15) is 5.82 Å². The van der Waals surface area contributed by atoms with Gasteiger partial charge >= 0.3 is 5.76 Å². The summed E-state index contributed by atoms with van der Waals surface area (Å²) in [6.45, 7) is 4.88. The highest BCUT2D eigenvalue weighted by molar-refractivity contribution is 5.79. The Morgan fingerprint density at radius 1 is 1.03 bits per heavy atom. The number of oxazole rings is 1. The van der Waals surface area contributed by atoms with Crippen molar-refractivity contribution < 1.29 is 18.7 Å². The van der Waals surface area contributed by atoms with Gasteiger partial charge in [0.05, 0.1) is 11.6 Å². The average molecular weight is 479 g/mol. The van der Waals surface area contributed by atoms with Crippen molar-refractivity contribution in [2.75, 3.05) is 33.2 Å². The van der Waals surface area contributed by atoms with E-state index >= 15 is 0 Å². The fourth-order valence-electron chi connectivity index (χ4n) is 4.23. The third kappa shape index (κ3) is 6.00. The number of fused-ring (bicyclic) bond motifs is 1. The summed E-state index contributed by atoms with van der Waals surface area (Å²) in [5.41, 5.74) is 5.12. The molecule has 182 valence electrons. The number of nitrogens with zero attached hydrogens (tertiary/aromatic N) is 3. The number of aromatic amines is 1. The van der Waals surface area contributed by atoms with E-state index < -0.39 is 11.7 Å². The largest absolute Gasteiger partial charge is 0.481 e. The van der Waals surface area contributed by atoms with Gasteiger partial charge in [-0.05, 0) is 54.1 Å². The zero-order chi connectivity index (χ0) is 24.9. The molecule has 2 aromatic heterocycles. The Labute approximate surface area is 201 Å². The van der Waals surface area contributed by atoms with Crippen molar-refractivity contribution >= 4 is 17.1 Å². The smallest absolute Gasteiger partial charge is 0.417 e. The summed E-state index contributed by atoms with van der Waals surface area (Å²) in [4.78, 5) is 32.4. The van der Waals surface area contributed by atoms with E-state index in [0.29, 0.717) is 11.1 Å². The van der Waals surface area contributed by atoms with E-state index in [2.05, 4.69) is 32.9 Å². The lowest BCUT2D eigenvalue weighted by molar-refractivity contribution is -0.134. The van der Waals surface area contributed by atoms with Crippen LogP contribution in [0, 0.1) is 5.82 Å². The Bertz CT molecular complexity index is 1350. The van der Waals surface area contributed by atoms with Gasteiger partial charge in [0.15, 0.2) is 5.58 Å². The van der Waals surface area contributed by atoms with Crippen LogP contribution in [0.3, 0.4) is 0 Å². The quantitative estimate of drug-likeness (QED) is 0.461. The number of carboxylic acid groups (broad SMARTS) is 1. The minimum atomic E-state index is -0.833. The van der Waals surface area contributed by atoms with Crippen molar-refractivity contribution in [2.45, 2.75) is 13.0 Å². The minimum absolute atomic E-state index is 0.0179. The number of aromatic nitrogens is 2. The van der Waals surface area contributed by atoms with E-state index in [1.165, 1.54) is 12.1 Å². The molecule has 1 aliphatic heterocycles. The van der Waals surface area contributed by atoms with Crippen LogP contribution in [0.1, 0.15) is 24.1 Å². The standard InChI is InChI=1S/C24H23FN4O2.C2H4O2/c1-28-8-10-29(11-9-28)23(16-2-5-20(25)6-3-16)19-12-18(14-26-15-19)17-4-7-21-22(13-17)31-24(30)27-21;1-2(3)4/h2-7,12-15,23H,8-11H2,1H3,(H,27,30);1H3,(H,3,4). The Morgan fingerprint density at radius 3 is 2.40 bits per heavy atom. The van der Waals surface area contributed by atoms with Crippen molar-refractivity contribution in [3.63, 3.8) is 0 Å². The number of hydrogen-bond donors (Lipinski definition) is 2. The second-order valence-corrected chi connectivity index (χ2v) is 8.54. The first-order chi connectivity index (χ1) is 16.8. The van der Waals surface area contributed by atoms with E-state index in [-0.39, 0.29) is 11.9 Å². The van der Waals surface area contributed by atoms with Crippen molar-refractivity contribution in [2.24, 2.45) is 0 Å². The van der Waals surface area contributed by atoms with Crippen LogP contribution in [0.25, 0.3) is 22.2 Å². The van der Waals surface area contributed by atoms with Crippen LogP contribution < -0.4 is 5.76 Å². The van der Waals surface area contributed by atoms with Gasteiger partial charge < -0.3 is 14.4 Å². The summed E-state index contributed by atoms with van der Waals surface area (Å²) < 4.78 is 18.8. The van der Waals surface area contributed by atoms with Crippen molar-refractivity contribution in [3.05, 3.63) is 88.4 Å². The summed E-state index contributed by atoms with van der Waals surface area (Å²) in [6, 6.07) is 14.4. The molecule has 1 aliphatic rings. The number of carbonyl (C=O) groups is 1. The van der Waals surface area contributed by atoms with E-state index in [9.17, 15) is 9.18 Å². The van der Waals surface area contributed by atoms with Crippen LogP contribution in [0.15, 0.2) is 70.1 Å². The van der Waals surface area contributed by atoms with Gasteiger partial charge in [0.2, 0.25) is 0 Å². The summed E-state index contributed by atoms with van der Waals surface area (Å²) >= 11 is 0. The number of rotatable bonds is 4. The second kappa shape index (κ2) is 10.6. The molecular weight excluding hydrogens is 451 g/mol. The van der Waals surface area contributed by atoms with Crippen LogP contribution >= 0.6 is 0 Å². The number of H-pyrrole nitrogens is 1. The maximum absolute atomic E-state index is 13.6. The molecule has 2 aromatic carbocycles. The first kappa shape index (κ1) is 24.3. The lowest BCUT2D eigenvalue weighted by atomic mass is 9.95. The highest BCUT2D eigenvalue weighted by Crippen LogP contribution is 2.32. The van der Waals surface area contributed by atoms with Gasteiger partial charge in [-0.2, -0.15) is 0 Å². The highest BCUT2D eigenvalue weighted by Gasteiger charge is 2.26. The normalized spacial score (nSPS) is 15.4. The molecule has 9 heteroatoms. The van der Waals surface area contributed by atoms with E-state index in [0.717, 1.165) is 55.4 Å². The summed E-state index contributed by atoms with van der Waals surface area (Å²) in [6.07, 6.45) is 3.69. The van der Waals surface area contributed by atoms with Gasteiger partial charge in [0, 0.05) is 51.1 Å². The summed E-state index contributed by atoms with van der Waals surface area (Å²) in [5, 5.41) is 7.42. The Kier molecular flexibility index (Phi) is 7.38. The number of piperazine rings is 1. The van der Waals surface area contributed by atoms with Crippen molar-refractivity contribution in [1.82, 2.24) is 19.8 Å². The average Bonchev–Trinajstić information content (AvgIpc) is 3.21.